The third-order valence-corrected chi connectivity index (χ3v) is 7.02. The molecule has 0 aromatic carbocycles. The molecule has 172 valence electrons. The third-order valence-electron chi connectivity index (χ3n) is 6.27. The van der Waals surface area contributed by atoms with E-state index in [0.717, 1.165) is 36.5 Å². The Morgan fingerprint density at radius 3 is 2.65 bits per heavy atom. The molecule has 0 radical (unpaired) electrons. The summed E-state index contributed by atoms with van der Waals surface area (Å²) in [5.41, 5.74) is 0.147. The van der Waals surface area contributed by atoms with Gasteiger partial charge in [0.05, 0.1) is 17.7 Å². The van der Waals surface area contributed by atoms with Crippen molar-refractivity contribution in [2.45, 2.75) is 71.4 Å². The van der Waals surface area contributed by atoms with Gasteiger partial charge in [-0.1, -0.05) is 17.8 Å². The molecule has 2 aliphatic heterocycles. The number of carbonyl (C=O) groups is 3. The molecule has 0 aliphatic carbocycles. The van der Waals surface area contributed by atoms with E-state index in [4.69, 9.17) is 4.74 Å². The van der Waals surface area contributed by atoms with Crippen LogP contribution >= 0.6 is 11.5 Å². The summed E-state index contributed by atoms with van der Waals surface area (Å²) in [6, 6.07) is -0.729. The van der Waals surface area contributed by atoms with Crippen molar-refractivity contribution in [1.82, 2.24) is 25.1 Å². The zero-order valence-electron chi connectivity index (χ0n) is 18.6. The summed E-state index contributed by atoms with van der Waals surface area (Å²) < 4.78 is 9.60. The van der Waals surface area contributed by atoms with Gasteiger partial charge in [0.2, 0.25) is 11.8 Å². The van der Waals surface area contributed by atoms with E-state index < -0.39 is 11.5 Å². The molecule has 9 nitrogen and oxygen atoms in total. The summed E-state index contributed by atoms with van der Waals surface area (Å²) in [6.45, 7) is 7.62. The van der Waals surface area contributed by atoms with Gasteiger partial charge >= 0.3 is 0 Å². The monoisotopic (exact) mass is 451 g/mol. The summed E-state index contributed by atoms with van der Waals surface area (Å²) in [6.07, 6.45) is 4.26. The molecule has 2 atom stereocenters. The Bertz CT molecular complexity index is 790. The van der Waals surface area contributed by atoms with Crippen molar-refractivity contribution >= 4 is 29.3 Å². The van der Waals surface area contributed by atoms with Crippen LogP contribution in [-0.4, -0.2) is 70.6 Å². The Balaban J connectivity index is 1.70. The predicted molar refractivity (Wildman–Crippen MR) is 117 cm³/mol. The van der Waals surface area contributed by atoms with Gasteiger partial charge in [-0.3, -0.25) is 14.4 Å². The molecule has 0 unspecified atom stereocenters. The van der Waals surface area contributed by atoms with Crippen LogP contribution in [0.4, 0.5) is 0 Å². The summed E-state index contributed by atoms with van der Waals surface area (Å²) >= 11 is 1.13. The highest BCUT2D eigenvalue weighted by molar-refractivity contribution is 7.08. The molecule has 2 N–H and O–H groups in total. The number of nitrogens with one attached hydrogen (secondary N) is 2. The van der Waals surface area contributed by atoms with Crippen LogP contribution in [0.1, 0.15) is 68.2 Å². The van der Waals surface area contributed by atoms with Gasteiger partial charge in [-0.2, -0.15) is 0 Å². The molecule has 3 heterocycles. The van der Waals surface area contributed by atoms with Gasteiger partial charge in [0.25, 0.3) is 5.91 Å². The smallest absolute Gasteiger partial charge is 0.267 e. The topological polar surface area (TPSA) is 114 Å². The lowest BCUT2D eigenvalue weighted by Crippen LogP contribution is -2.55. The fourth-order valence-corrected chi connectivity index (χ4v) is 4.95. The van der Waals surface area contributed by atoms with Crippen LogP contribution in [0, 0.1) is 5.41 Å². The van der Waals surface area contributed by atoms with Crippen LogP contribution in [0.25, 0.3) is 0 Å². The number of ether oxygens (including phenoxy) is 1. The van der Waals surface area contributed by atoms with E-state index >= 15 is 0 Å². The largest absolute Gasteiger partial charge is 0.379 e. The number of carbonyl (C=O) groups excluding carboxylic acids is 3. The zero-order valence-corrected chi connectivity index (χ0v) is 19.4. The van der Waals surface area contributed by atoms with Crippen LogP contribution in [0.15, 0.2) is 0 Å². The van der Waals surface area contributed by atoms with E-state index in [1.165, 1.54) is 0 Å². The van der Waals surface area contributed by atoms with Crippen molar-refractivity contribution in [1.29, 1.82) is 0 Å². The fourth-order valence-electron chi connectivity index (χ4n) is 4.23. The minimum atomic E-state index is -0.623. The molecule has 2 aliphatic rings. The minimum absolute atomic E-state index is 0.0538. The summed E-state index contributed by atoms with van der Waals surface area (Å²) in [5, 5.41) is 9.85. The van der Waals surface area contributed by atoms with Crippen molar-refractivity contribution in [2.75, 3.05) is 26.3 Å². The molecule has 1 spiro atoms. The lowest BCUT2D eigenvalue weighted by molar-refractivity contribution is -0.137. The maximum atomic E-state index is 13.3. The molecule has 2 saturated heterocycles. The molecule has 2 fully saturated rings. The van der Waals surface area contributed by atoms with Gasteiger partial charge in [0.15, 0.2) is 0 Å². The highest BCUT2D eigenvalue weighted by Crippen LogP contribution is 2.38. The molecule has 0 saturated carbocycles. The van der Waals surface area contributed by atoms with E-state index in [1.807, 2.05) is 13.8 Å². The fraction of sp³-hybridized carbons (Fsp3) is 0.762. The number of nitrogens with zero attached hydrogens (tertiary/aromatic N) is 3. The molecular formula is C21H33N5O4S. The SMILES string of the molecule is CCc1nnsc1C(=O)N1CCC2(CCCCOC[C@H](C)NC(=O)[C@H](C)NC2=O)CC1. The number of aromatic nitrogens is 2. The molecule has 3 amide bonds. The lowest BCUT2D eigenvalue weighted by Gasteiger charge is -2.41. The quantitative estimate of drug-likeness (QED) is 0.705. The zero-order chi connectivity index (χ0) is 22.4. The summed E-state index contributed by atoms with van der Waals surface area (Å²) in [4.78, 5) is 41.1. The van der Waals surface area contributed by atoms with Gasteiger partial charge in [-0.15, -0.1) is 5.10 Å². The highest BCUT2D eigenvalue weighted by atomic mass is 32.1. The Hall–Kier alpha value is -2.07. The Morgan fingerprint density at radius 1 is 1.19 bits per heavy atom. The molecule has 10 heteroatoms. The Labute approximate surface area is 187 Å². The number of likely N-dealkylation sites (tertiary alicyclic amines) is 1. The number of aryl methyl sites for hydroxylation is 1. The van der Waals surface area contributed by atoms with Crippen molar-refractivity contribution in [3.63, 3.8) is 0 Å². The first-order valence-corrected chi connectivity index (χ1v) is 11.9. The average molecular weight is 452 g/mol. The van der Waals surface area contributed by atoms with Crippen LogP contribution in [0.3, 0.4) is 0 Å². The lowest BCUT2D eigenvalue weighted by atomic mass is 9.73. The highest BCUT2D eigenvalue weighted by Gasteiger charge is 2.43. The number of amides is 3. The second kappa shape index (κ2) is 10.5. The summed E-state index contributed by atoms with van der Waals surface area (Å²) in [7, 11) is 0. The second-order valence-corrected chi connectivity index (χ2v) is 9.37. The maximum Gasteiger partial charge on any atom is 0.267 e. The van der Waals surface area contributed by atoms with Crippen LogP contribution < -0.4 is 10.6 Å². The van der Waals surface area contributed by atoms with Gasteiger partial charge in [0.1, 0.15) is 10.9 Å². The summed E-state index contributed by atoms with van der Waals surface area (Å²) in [5.74, 6) is -0.359. The standard InChI is InChI=1S/C21H33N5O4S/c1-4-16-17(31-25-24-16)19(28)26-10-8-21(9-11-26)7-5-6-12-30-13-14(2)22-18(27)15(3)23-20(21)29/h14-15H,4-13H2,1-3H3,(H,22,27)(H,23,29)/t14-,15-/m0/s1. The molecule has 31 heavy (non-hydrogen) atoms. The first-order chi connectivity index (χ1) is 14.9. The second-order valence-electron chi connectivity index (χ2n) is 8.61. The van der Waals surface area contributed by atoms with Gasteiger partial charge in [-0.25, -0.2) is 0 Å². The van der Waals surface area contributed by atoms with Crippen molar-refractivity contribution in [2.24, 2.45) is 5.41 Å². The van der Waals surface area contributed by atoms with Gasteiger partial charge < -0.3 is 20.3 Å². The van der Waals surface area contributed by atoms with Gasteiger partial charge in [0, 0.05) is 25.7 Å². The van der Waals surface area contributed by atoms with Crippen molar-refractivity contribution in [3.05, 3.63) is 10.6 Å². The normalized spacial score (nSPS) is 25.7. The average Bonchev–Trinajstić information content (AvgIpc) is 3.24. The molecule has 1 aromatic heterocycles. The van der Waals surface area contributed by atoms with Crippen LogP contribution in [-0.2, 0) is 20.7 Å². The number of hydrogen-bond acceptors (Lipinski definition) is 7. The van der Waals surface area contributed by atoms with E-state index in [9.17, 15) is 14.4 Å². The first-order valence-electron chi connectivity index (χ1n) is 11.2. The first kappa shape index (κ1) is 23.6. The number of piperidine rings is 1. The number of rotatable bonds is 2. The van der Waals surface area contributed by atoms with E-state index in [-0.39, 0.29) is 23.8 Å². The van der Waals surface area contributed by atoms with Crippen molar-refractivity contribution in [3.8, 4) is 0 Å². The van der Waals surface area contributed by atoms with E-state index in [0.29, 0.717) is 50.4 Å². The molecular weight excluding hydrogens is 418 g/mol. The Morgan fingerprint density at radius 2 is 1.94 bits per heavy atom. The maximum absolute atomic E-state index is 13.3. The van der Waals surface area contributed by atoms with Crippen molar-refractivity contribution < 1.29 is 19.1 Å². The molecule has 0 bridgehead atoms. The van der Waals surface area contributed by atoms with Crippen LogP contribution in [0.5, 0.6) is 0 Å². The van der Waals surface area contributed by atoms with Crippen LogP contribution in [0.2, 0.25) is 0 Å². The van der Waals surface area contributed by atoms with Gasteiger partial charge in [-0.05, 0) is 57.5 Å². The molecule has 3 rings (SSSR count). The Kier molecular flexibility index (Phi) is 7.99. The number of hydrogen-bond donors (Lipinski definition) is 2. The van der Waals surface area contributed by atoms with E-state index in [1.54, 1.807) is 11.8 Å². The molecule has 1 aromatic rings. The minimum Gasteiger partial charge on any atom is -0.379 e. The third kappa shape index (κ3) is 5.60. The predicted octanol–water partition coefficient (Wildman–Crippen LogP) is 1.53. The van der Waals surface area contributed by atoms with E-state index in [2.05, 4.69) is 20.2 Å².